The number of benzene rings is 1. The lowest BCUT2D eigenvalue weighted by Crippen LogP contribution is -2.43. The molecule has 0 saturated carbocycles. The van der Waals surface area contributed by atoms with Gasteiger partial charge in [-0.15, -0.1) is 0 Å². The number of carboxylic acid groups (broad SMARTS) is 1. The molecule has 1 fully saturated rings. The molecule has 1 aliphatic rings. The number of carbonyl (C=O) groups is 1. The van der Waals surface area contributed by atoms with E-state index >= 15 is 0 Å². The van der Waals surface area contributed by atoms with Crippen LogP contribution in [-0.4, -0.2) is 55.5 Å². The first-order valence-corrected chi connectivity index (χ1v) is 11.8. The first kappa shape index (κ1) is 26.3. The number of hydrogen-bond donors (Lipinski definition) is 2. The van der Waals surface area contributed by atoms with Gasteiger partial charge in [-0.2, -0.15) is 17.5 Å². The van der Waals surface area contributed by atoms with Crippen LogP contribution in [0.3, 0.4) is 0 Å². The summed E-state index contributed by atoms with van der Waals surface area (Å²) in [5, 5.41) is 12.4. The number of rotatable bonds is 11. The van der Waals surface area contributed by atoms with Crippen LogP contribution in [-0.2, 0) is 10.0 Å². The van der Waals surface area contributed by atoms with Crippen molar-refractivity contribution in [2.24, 2.45) is 0 Å². The van der Waals surface area contributed by atoms with Gasteiger partial charge in [-0.25, -0.2) is 22.0 Å². The Bertz CT molecular complexity index is 880. The summed E-state index contributed by atoms with van der Waals surface area (Å²) in [5.41, 5.74) is -0.0921. The highest BCUT2D eigenvalue weighted by molar-refractivity contribution is 7.89. The number of sulfonamides is 1. The lowest BCUT2D eigenvalue weighted by molar-refractivity contribution is -0.135. The van der Waals surface area contributed by atoms with Gasteiger partial charge in [0, 0.05) is 44.6 Å². The van der Waals surface area contributed by atoms with E-state index in [1.54, 1.807) is 0 Å². The maximum atomic E-state index is 13.4. The number of hydrogen-bond acceptors (Lipinski definition) is 4. The number of nitrogens with zero attached hydrogens (tertiary/aromatic N) is 1. The van der Waals surface area contributed by atoms with Crippen molar-refractivity contribution in [3.63, 3.8) is 0 Å². The second-order valence-electron chi connectivity index (χ2n) is 7.84. The number of carboxylic acids is 1. The average Bonchev–Trinajstić information content (AvgIpc) is 2.68. The summed E-state index contributed by atoms with van der Waals surface area (Å²) in [4.78, 5) is 11.1. The molecule has 1 aromatic rings. The Morgan fingerprint density at radius 2 is 1.66 bits per heavy atom. The van der Waals surface area contributed by atoms with Gasteiger partial charge in [0.05, 0.1) is 10.5 Å². The minimum Gasteiger partial charge on any atom is -0.478 e. The van der Waals surface area contributed by atoms with Crippen LogP contribution < -0.4 is 5.32 Å². The zero-order chi connectivity index (χ0) is 24.0. The third kappa shape index (κ3) is 7.88. The SMILES string of the molecule is O=C(O)c1ccc(NCCCCCCCC(F)(F)F)cc1S(=O)(=O)N1CCC(F)(F)CC1. The van der Waals surface area contributed by atoms with Crippen molar-refractivity contribution in [1.82, 2.24) is 4.31 Å². The van der Waals surface area contributed by atoms with E-state index in [2.05, 4.69) is 5.32 Å². The fraction of sp³-hybridized carbons (Fsp3) is 0.650. The number of aromatic carboxylic acids is 1. The molecule has 0 spiro atoms. The van der Waals surface area contributed by atoms with Gasteiger partial charge < -0.3 is 10.4 Å². The van der Waals surface area contributed by atoms with E-state index in [9.17, 15) is 40.3 Å². The summed E-state index contributed by atoms with van der Waals surface area (Å²) < 4.78 is 89.8. The monoisotopic (exact) mass is 486 g/mol. The second-order valence-corrected chi connectivity index (χ2v) is 9.74. The van der Waals surface area contributed by atoms with Crippen molar-refractivity contribution in [2.45, 2.75) is 68.4 Å². The van der Waals surface area contributed by atoms with Gasteiger partial charge in [0.15, 0.2) is 0 Å². The average molecular weight is 487 g/mol. The molecule has 0 aromatic heterocycles. The summed E-state index contributed by atoms with van der Waals surface area (Å²) in [5.74, 6) is -4.39. The highest BCUT2D eigenvalue weighted by Crippen LogP contribution is 2.32. The molecule has 12 heteroatoms. The Labute approximate surface area is 183 Å². The molecular formula is C20H27F5N2O4S. The number of nitrogens with one attached hydrogen (secondary N) is 1. The number of alkyl halides is 5. The van der Waals surface area contributed by atoms with Crippen LogP contribution in [0.2, 0.25) is 0 Å². The highest BCUT2D eigenvalue weighted by atomic mass is 32.2. The minimum atomic E-state index is -4.28. The first-order valence-electron chi connectivity index (χ1n) is 10.4. The van der Waals surface area contributed by atoms with Gasteiger partial charge in [-0.05, 0) is 31.0 Å². The van der Waals surface area contributed by atoms with E-state index in [1.807, 2.05) is 0 Å². The molecule has 0 atom stereocenters. The largest absolute Gasteiger partial charge is 0.478 e. The molecule has 1 saturated heterocycles. The molecular weight excluding hydrogens is 459 g/mol. The van der Waals surface area contributed by atoms with Crippen molar-refractivity contribution in [1.29, 1.82) is 0 Å². The van der Waals surface area contributed by atoms with E-state index in [4.69, 9.17) is 0 Å². The Kier molecular flexibility index (Phi) is 8.86. The van der Waals surface area contributed by atoms with Gasteiger partial charge in [0.25, 0.3) is 5.92 Å². The van der Waals surface area contributed by atoms with E-state index in [-0.39, 0.29) is 6.42 Å². The summed E-state index contributed by atoms with van der Waals surface area (Å²) in [6, 6.07) is 3.73. The molecule has 0 radical (unpaired) electrons. The Hall–Kier alpha value is -1.95. The number of unbranched alkanes of at least 4 members (excludes halogenated alkanes) is 4. The summed E-state index contributed by atoms with van der Waals surface area (Å²) in [6.07, 6.45) is -3.70. The van der Waals surface area contributed by atoms with Gasteiger partial charge in [-0.3, -0.25) is 0 Å². The molecule has 6 nitrogen and oxygen atoms in total. The van der Waals surface area contributed by atoms with Crippen LogP contribution in [0.5, 0.6) is 0 Å². The van der Waals surface area contributed by atoms with Crippen LogP contribution >= 0.6 is 0 Å². The first-order chi connectivity index (χ1) is 14.8. The maximum Gasteiger partial charge on any atom is 0.389 e. The molecule has 32 heavy (non-hydrogen) atoms. The topological polar surface area (TPSA) is 86.7 Å². The summed E-state index contributed by atoms with van der Waals surface area (Å²) in [7, 11) is -4.28. The second kappa shape index (κ2) is 10.8. The molecule has 0 amide bonds. The zero-order valence-corrected chi connectivity index (χ0v) is 18.2. The van der Waals surface area contributed by atoms with Crippen molar-refractivity contribution in [3.05, 3.63) is 23.8 Å². The smallest absolute Gasteiger partial charge is 0.389 e. The van der Waals surface area contributed by atoms with E-state index < -0.39 is 70.9 Å². The third-order valence-electron chi connectivity index (χ3n) is 5.25. The molecule has 2 N–H and O–H groups in total. The lowest BCUT2D eigenvalue weighted by Gasteiger charge is -2.31. The standard InChI is InChI=1S/C20H27F5N2O4S/c21-19(22)9-12-27(13-10-19)32(30,31)17-14-15(6-7-16(17)18(28)29)26-11-5-3-1-2-4-8-20(23,24)25/h6-7,14,26H,1-5,8-13H2,(H,28,29). The summed E-state index contributed by atoms with van der Waals surface area (Å²) >= 11 is 0. The molecule has 1 aliphatic heterocycles. The van der Waals surface area contributed by atoms with Crippen molar-refractivity contribution in [3.8, 4) is 0 Å². The molecule has 1 aromatic carbocycles. The lowest BCUT2D eigenvalue weighted by atomic mass is 10.1. The fourth-order valence-corrected chi connectivity index (χ4v) is 5.08. The van der Waals surface area contributed by atoms with Crippen LogP contribution in [0.25, 0.3) is 0 Å². The minimum absolute atomic E-state index is 0.0806. The van der Waals surface area contributed by atoms with Crippen LogP contribution in [0.15, 0.2) is 23.1 Å². The normalized spacial score (nSPS) is 17.3. The maximum absolute atomic E-state index is 13.4. The Morgan fingerprint density at radius 3 is 2.25 bits per heavy atom. The molecule has 0 bridgehead atoms. The van der Waals surface area contributed by atoms with Crippen molar-refractivity contribution >= 4 is 21.7 Å². The molecule has 1 heterocycles. The van der Waals surface area contributed by atoms with E-state index in [1.165, 1.54) is 12.1 Å². The van der Waals surface area contributed by atoms with E-state index in [0.717, 1.165) is 10.4 Å². The summed E-state index contributed by atoms with van der Waals surface area (Å²) in [6.45, 7) is -0.387. The van der Waals surface area contributed by atoms with E-state index in [0.29, 0.717) is 37.9 Å². The molecule has 182 valence electrons. The molecule has 2 rings (SSSR count). The fourth-order valence-electron chi connectivity index (χ4n) is 3.43. The highest BCUT2D eigenvalue weighted by Gasteiger charge is 2.39. The molecule has 0 aliphatic carbocycles. The Morgan fingerprint density at radius 1 is 1.06 bits per heavy atom. The number of anilines is 1. The third-order valence-corrected chi connectivity index (χ3v) is 7.19. The number of piperidine rings is 1. The van der Waals surface area contributed by atoms with Crippen molar-refractivity contribution in [2.75, 3.05) is 25.0 Å². The zero-order valence-electron chi connectivity index (χ0n) is 17.4. The van der Waals surface area contributed by atoms with Gasteiger partial charge in [-0.1, -0.05) is 19.3 Å². The van der Waals surface area contributed by atoms with Crippen molar-refractivity contribution < 1.29 is 40.3 Å². The van der Waals surface area contributed by atoms with Crippen LogP contribution in [0.1, 0.15) is 61.7 Å². The van der Waals surface area contributed by atoms with Gasteiger partial charge in [0.2, 0.25) is 10.0 Å². The number of halogens is 5. The van der Waals surface area contributed by atoms with Gasteiger partial charge >= 0.3 is 12.1 Å². The quantitative estimate of drug-likeness (QED) is 0.335. The van der Waals surface area contributed by atoms with Crippen LogP contribution in [0.4, 0.5) is 27.6 Å². The predicted molar refractivity (Wildman–Crippen MR) is 109 cm³/mol. The predicted octanol–water partition coefficient (Wildman–Crippen LogP) is 5.12. The van der Waals surface area contributed by atoms with Gasteiger partial charge in [0.1, 0.15) is 0 Å². The Balaban J connectivity index is 1.96. The van der Waals surface area contributed by atoms with Crippen LogP contribution in [0, 0.1) is 0 Å². The molecule has 0 unspecified atom stereocenters.